The molecule has 3 amide bonds. The number of carbonyl (C=O) groups is 4. The fourth-order valence-corrected chi connectivity index (χ4v) is 5.80. The Labute approximate surface area is 211 Å². The number of rotatable bonds is 7. The van der Waals surface area contributed by atoms with Crippen molar-refractivity contribution in [2.45, 2.75) is 18.9 Å². The van der Waals surface area contributed by atoms with Gasteiger partial charge >= 0.3 is 0 Å². The summed E-state index contributed by atoms with van der Waals surface area (Å²) < 4.78 is 13.5. The van der Waals surface area contributed by atoms with E-state index in [1.807, 2.05) is 12.2 Å². The molecular formula is C26H21Cl2FN2O4. The van der Waals surface area contributed by atoms with Crippen LogP contribution in [0.25, 0.3) is 0 Å². The number of halogens is 3. The normalized spacial score (nSPS) is 25.2. The van der Waals surface area contributed by atoms with Crippen LogP contribution in [-0.4, -0.2) is 45.4 Å². The highest BCUT2D eigenvalue weighted by Crippen LogP contribution is 2.53. The van der Waals surface area contributed by atoms with Crippen LogP contribution < -0.4 is 0 Å². The molecule has 0 radical (unpaired) electrons. The molecule has 0 spiro atoms. The summed E-state index contributed by atoms with van der Waals surface area (Å²) in [7, 11) is 0. The number of benzene rings is 2. The lowest BCUT2D eigenvalue weighted by molar-refractivity contribution is -0.157. The molecule has 2 aromatic rings. The minimum Gasteiger partial charge on any atom is -0.292 e. The summed E-state index contributed by atoms with van der Waals surface area (Å²) in [6.07, 6.45) is 4.61. The molecule has 35 heavy (non-hydrogen) atoms. The van der Waals surface area contributed by atoms with Crippen molar-refractivity contribution in [3.05, 3.63) is 82.6 Å². The van der Waals surface area contributed by atoms with Gasteiger partial charge in [0.2, 0.25) is 0 Å². The van der Waals surface area contributed by atoms with Gasteiger partial charge < -0.3 is 0 Å². The lowest BCUT2D eigenvalue weighted by Crippen LogP contribution is -2.58. The number of hydrogen-bond donors (Lipinski definition) is 0. The van der Waals surface area contributed by atoms with E-state index >= 15 is 0 Å². The van der Waals surface area contributed by atoms with Crippen molar-refractivity contribution in [1.29, 1.82) is 0 Å². The van der Waals surface area contributed by atoms with Gasteiger partial charge in [0.15, 0.2) is 5.78 Å². The van der Waals surface area contributed by atoms with Gasteiger partial charge in [-0.2, -0.15) is 5.01 Å². The van der Waals surface area contributed by atoms with E-state index in [0.717, 1.165) is 28.6 Å². The van der Waals surface area contributed by atoms with Crippen LogP contribution in [0.1, 0.15) is 33.6 Å². The molecule has 1 aliphatic heterocycles. The van der Waals surface area contributed by atoms with Crippen LogP contribution >= 0.6 is 23.2 Å². The fourth-order valence-electron chi connectivity index (χ4n) is 5.47. The molecule has 3 aliphatic rings. The molecular weight excluding hydrogens is 494 g/mol. The summed E-state index contributed by atoms with van der Waals surface area (Å²) in [5.74, 6) is -4.04. The highest BCUT2D eigenvalue weighted by molar-refractivity contribution is 6.30. The first-order valence-electron chi connectivity index (χ1n) is 11.3. The van der Waals surface area contributed by atoms with Crippen LogP contribution in [0.4, 0.5) is 4.39 Å². The highest BCUT2D eigenvalue weighted by atomic mass is 35.5. The van der Waals surface area contributed by atoms with E-state index in [4.69, 9.17) is 23.2 Å². The third-order valence-corrected chi connectivity index (χ3v) is 7.54. The highest BCUT2D eigenvalue weighted by Gasteiger charge is 2.62. The number of Topliss-reactive ketones (excluding diaryl/α,β-unsaturated/α-hetero) is 1. The van der Waals surface area contributed by atoms with Crippen molar-refractivity contribution >= 4 is 46.7 Å². The number of nitrogens with zero attached hydrogens (tertiary/aromatic N) is 2. The molecule has 6 nitrogen and oxygen atoms in total. The van der Waals surface area contributed by atoms with Crippen molar-refractivity contribution in [3.8, 4) is 0 Å². The molecule has 2 aromatic carbocycles. The van der Waals surface area contributed by atoms with Crippen molar-refractivity contribution in [2.24, 2.45) is 23.7 Å². The Morgan fingerprint density at radius 1 is 0.943 bits per heavy atom. The van der Waals surface area contributed by atoms with Gasteiger partial charge in [-0.25, -0.2) is 9.40 Å². The second kappa shape index (κ2) is 9.21. The van der Waals surface area contributed by atoms with Crippen LogP contribution in [-0.2, 0) is 9.59 Å². The molecule has 2 aliphatic carbocycles. The smallest absolute Gasteiger partial charge is 0.273 e. The molecule has 0 aromatic heterocycles. The Hall–Kier alpha value is -3.03. The van der Waals surface area contributed by atoms with Crippen molar-refractivity contribution in [2.75, 3.05) is 5.88 Å². The molecule has 5 atom stereocenters. The van der Waals surface area contributed by atoms with E-state index in [2.05, 4.69) is 0 Å². The minimum atomic E-state index is -1.25. The Morgan fingerprint density at radius 3 is 2.03 bits per heavy atom. The summed E-state index contributed by atoms with van der Waals surface area (Å²) in [6, 6.07) is 9.58. The van der Waals surface area contributed by atoms with E-state index < -0.39 is 47.2 Å². The second-order valence-corrected chi connectivity index (χ2v) is 9.82. The predicted octanol–water partition coefficient (Wildman–Crippen LogP) is 4.52. The number of ketones is 1. The van der Waals surface area contributed by atoms with Gasteiger partial charge in [-0.05, 0) is 73.2 Å². The molecule has 5 rings (SSSR count). The first-order chi connectivity index (χ1) is 16.8. The second-order valence-electron chi connectivity index (χ2n) is 9.01. The maximum atomic E-state index is 13.8. The van der Waals surface area contributed by atoms with E-state index in [-0.39, 0.29) is 35.3 Å². The summed E-state index contributed by atoms with van der Waals surface area (Å²) in [4.78, 5) is 54.6. The SMILES string of the molecule is O=C(c1ccc(F)cc1)[C@H](CCCl)N(C(=O)c1ccc(Cl)cc1)N1C(=O)[C@@H]2[C@@H](C1=O)[C@H]1C=C[C@H]2C1. The number of fused-ring (bicyclic) bond motifs is 5. The average Bonchev–Trinajstić information content (AvgIpc) is 3.54. The number of hydrazine groups is 1. The van der Waals surface area contributed by atoms with Gasteiger partial charge in [-0.15, -0.1) is 11.6 Å². The summed E-state index contributed by atoms with van der Waals surface area (Å²) in [5.41, 5.74) is 0.288. The summed E-state index contributed by atoms with van der Waals surface area (Å²) in [5, 5.41) is 2.22. The van der Waals surface area contributed by atoms with Crippen molar-refractivity contribution in [1.82, 2.24) is 10.0 Å². The zero-order chi connectivity index (χ0) is 24.9. The van der Waals surface area contributed by atoms with Gasteiger partial charge in [0, 0.05) is 22.0 Å². The lowest BCUT2D eigenvalue weighted by Gasteiger charge is -2.36. The number of amides is 3. The first-order valence-corrected chi connectivity index (χ1v) is 12.2. The number of hydrogen-bond acceptors (Lipinski definition) is 4. The van der Waals surface area contributed by atoms with Crippen LogP contribution in [0.15, 0.2) is 60.7 Å². The van der Waals surface area contributed by atoms with E-state index in [1.54, 1.807) is 0 Å². The Morgan fingerprint density at radius 2 is 1.49 bits per heavy atom. The van der Waals surface area contributed by atoms with E-state index in [9.17, 15) is 23.6 Å². The van der Waals surface area contributed by atoms with Crippen LogP contribution in [0, 0.1) is 29.5 Å². The number of alkyl halides is 1. The van der Waals surface area contributed by atoms with Crippen molar-refractivity contribution in [3.63, 3.8) is 0 Å². The van der Waals surface area contributed by atoms with Gasteiger partial charge in [0.25, 0.3) is 17.7 Å². The molecule has 1 saturated carbocycles. The fraction of sp³-hybridized carbons (Fsp3) is 0.308. The first kappa shape index (κ1) is 23.7. The maximum Gasteiger partial charge on any atom is 0.273 e. The predicted molar refractivity (Wildman–Crippen MR) is 127 cm³/mol. The molecule has 0 unspecified atom stereocenters. The molecule has 2 fully saturated rings. The third kappa shape index (κ3) is 3.96. The number of imide groups is 1. The van der Waals surface area contributed by atoms with Crippen LogP contribution in [0.2, 0.25) is 5.02 Å². The Balaban J connectivity index is 1.59. The van der Waals surface area contributed by atoms with Crippen LogP contribution in [0.5, 0.6) is 0 Å². The van der Waals surface area contributed by atoms with Crippen molar-refractivity contribution < 1.29 is 23.6 Å². The largest absolute Gasteiger partial charge is 0.292 e. The Kier molecular flexibility index (Phi) is 6.23. The summed E-state index contributed by atoms with van der Waals surface area (Å²) in [6.45, 7) is 0. The number of allylic oxidation sites excluding steroid dienone is 2. The molecule has 1 heterocycles. The van der Waals surface area contributed by atoms with Gasteiger partial charge in [-0.3, -0.25) is 19.2 Å². The van der Waals surface area contributed by atoms with E-state index in [1.165, 1.54) is 36.4 Å². The Bertz CT molecular complexity index is 1200. The monoisotopic (exact) mass is 514 g/mol. The van der Waals surface area contributed by atoms with Gasteiger partial charge in [0.05, 0.1) is 11.8 Å². The zero-order valence-corrected chi connectivity index (χ0v) is 20.0. The van der Waals surface area contributed by atoms with Crippen LogP contribution in [0.3, 0.4) is 0 Å². The zero-order valence-electron chi connectivity index (χ0n) is 18.4. The number of carbonyl (C=O) groups excluding carboxylic acids is 4. The quantitative estimate of drug-likeness (QED) is 0.235. The average molecular weight is 515 g/mol. The summed E-state index contributed by atoms with van der Waals surface area (Å²) >= 11 is 12.0. The standard InChI is InChI=1S/C26H21Cl2FN2O4/c27-12-11-20(23(32)14-5-9-19(29)10-6-14)30(24(33)15-3-7-18(28)8-4-15)31-25(34)21-16-1-2-17(13-16)22(21)26(31)35/h1-10,16-17,20-22H,11-13H2/t16-,17-,20-,21-,22-/m0/s1. The molecule has 180 valence electrons. The topological polar surface area (TPSA) is 74.8 Å². The maximum absolute atomic E-state index is 13.8. The molecule has 0 N–H and O–H groups in total. The minimum absolute atomic E-state index is 0.0160. The molecule has 1 saturated heterocycles. The van der Waals surface area contributed by atoms with E-state index in [0.29, 0.717) is 5.02 Å². The van der Waals surface area contributed by atoms with Gasteiger partial charge in [0.1, 0.15) is 11.9 Å². The molecule has 2 bridgehead atoms. The van der Waals surface area contributed by atoms with Gasteiger partial charge in [-0.1, -0.05) is 23.8 Å². The molecule has 9 heteroatoms. The third-order valence-electron chi connectivity index (χ3n) is 7.07. The lowest BCUT2D eigenvalue weighted by atomic mass is 9.85.